The van der Waals surface area contributed by atoms with Crippen molar-refractivity contribution >= 4 is 11.6 Å². The van der Waals surface area contributed by atoms with Crippen LogP contribution in [-0.4, -0.2) is 30.6 Å². The smallest absolute Gasteiger partial charge is 0.323 e. The highest BCUT2D eigenvalue weighted by molar-refractivity contribution is 5.75. The molecule has 0 aliphatic heterocycles. The van der Waals surface area contributed by atoms with Gasteiger partial charge in [0.2, 0.25) is 11.8 Å². The van der Waals surface area contributed by atoms with Crippen molar-refractivity contribution in [1.29, 1.82) is 0 Å². The van der Waals surface area contributed by atoms with Crippen molar-refractivity contribution in [3.05, 3.63) is 41.7 Å². The van der Waals surface area contributed by atoms with E-state index in [0.717, 1.165) is 6.07 Å². The van der Waals surface area contributed by atoms with Crippen LogP contribution in [0.3, 0.4) is 0 Å². The summed E-state index contributed by atoms with van der Waals surface area (Å²) in [6, 6.07) is 7.84. The third kappa shape index (κ3) is 3.79. The maximum Gasteiger partial charge on any atom is 0.433 e. The molecule has 0 amide bonds. The summed E-state index contributed by atoms with van der Waals surface area (Å²) in [6.45, 7) is 5.35. The van der Waals surface area contributed by atoms with Crippen molar-refractivity contribution in [3.8, 4) is 11.4 Å². The molecule has 0 saturated heterocycles. The number of nitrogens with one attached hydrogen (secondary N) is 2. The molecule has 7 nitrogen and oxygen atoms in total. The minimum Gasteiger partial charge on any atom is -0.323 e. The lowest BCUT2D eigenvalue weighted by Gasteiger charge is -2.20. The molecule has 0 bridgehead atoms. The van der Waals surface area contributed by atoms with Crippen molar-refractivity contribution in [1.82, 2.24) is 30.6 Å². The Morgan fingerprint density at radius 1 is 1.00 bits per heavy atom. The first-order valence-corrected chi connectivity index (χ1v) is 7.71. The summed E-state index contributed by atoms with van der Waals surface area (Å²) in [5, 5.41) is 16.5. The highest BCUT2D eigenvalue weighted by Gasteiger charge is 2.35. The molecule has 0 atom stereocenters. The van der Waals surface area contributed by atoms with Crippen LogP contribution in [0.25, 0.3) is 11.4 Å². The summed E-state index contributed by atoms with van der Waals surface area (Å²) in [7, 11) is 0. The van der Waals surface area contributed by atoms with E-state index in [1.165, 1.54) is 0 Å². The van der Waals surface area contributed by atoms with Crippen LogP contribution in [0.15, 0.2) is 30.3 Å². The predicted molar refractivity (Wildman–Crippen MR) is 88.6 cm³/mol. The summed E-state index contributed by atoms with van der Waals surface area (Å²) in [6.07, 6.45) is -4.58. The van der Waals surface area contributed by atoms with E-state index >= 15 is 0 Å². The Labute approximate surface area is 147 Å². The third-order valence-electron chi connectivity index (χ3n) is 3.54. The number of aromatic nitrogens is 6. The molecule has 10 heteroatoms. The molecule has 3 rings (SSSR count). The number of para-hydroxylation sites is 1. The van der Waals surface area contributed by atoms with Crippen LogP contribution in [0.1, 0.15) is 32.2 Å². The minimum atomic E-state index is -4.58. The summed E-state index contributed by atoms with van der Waals surface area (Å²) < 4.78 is 39.7. The number of H-pyrrole nitrogens is 1. The van der Waals surface area contributed by atoms with Crippen LogP contribution >= 0.6 is 0 Å². The van der Waals surface area contributed by atoms with Gasteiger partial charge in [0.25, 0.3) is 0 Å². The first-order valence-electron chi connectivity index (χ1n) is 7.71. The Balaban J connectivity index is 2.06. The summed E-state index contributed by atoms with van der Waals surface area (Å²) in [4.78, 5) is 7.87. The molecule has 0 radical (unpaired) electrons. The molecule has 1 aromatic carbocycles. The lowest BCUT2D eigenvalue weighted by Crippen LogP contribution is -2.19. The number of rotatable bonds is 3. The number of hydrogen-bond acceptors (Lipinski definition) is 6. The lowest BCUT2D eigenvalue weighted by molar-refractivity contribution is -0.141. The van der Waals surface area contributed by atoms with Gasteiger partial charge in [-0.25, -0.2) is 9.97 Å². The predicted octanol–water partition coefficient (Wildman–Crippen LogP) is 3.72. The Morgan fingerprint density at radius 3 is 2.31 bits per heavy atom. The molecule has 0 fully saturated rings. The van der Waals surface area contributed by atoms with Gasteiger partial charge < -0.3 is 5.32 Å². The zero-order valence-electron chi connectivity index (χ0n) is 14.3. The Kier molecular flexibility index (Phi) is 4.34. The molecular weight excluding hydrogens is 347 g/mol. The fourth-order valence-corrected chi connectivity index (χ4v) is 2.22. The van der Waals surface area contributed by atoms with Crippen molar-refractivity contribution < 1.29 is 13.2 Å². The second-order valence-corrected chi connectivity index (χ2v) is 6.62. The molecule has 0 aliphatic carbocycles. The summed E-state index contributed by atoms with van der Waals surface area (Å²) in [5.74, 6) is 0.150. The minimum absolute atomic E-state index is 0.152. The van der Waals surface area contributed by atoms with E-state index < -0.39 is 17.3 Å². The van der Waals surface area contributed by atoms with E-state index in [1.54, 1.807) is 45.0 Å². The molecule has 136 valence electrons. The normalized spacial score (nSPS) is 12.2. The highest BCUT2D eigenvalue weighted by atomic mass is 19.4. The van der Waals surface area contributed by atoms with Gasteiger partial charge in [-0.15, -0.1) is 10.2 Å². The molecule has 3 aromatic rings. The Hall–Kier alpha value is -3.04. The molecule has 2 heterocycles. The van der Waals surface area contributed by atoms with E-state index in [4.69, 9.17) is 0 Å². The molecular formula is C16H16F3N7. The van der Waals surface area contributed by atoms with Gasteiger partial charge in [-0.05, 0) is 23.4 Å². The number of tetrazole rings is 1. The number of halogens is 3. The first-order chi connectivity index (χ1) is 12.1. The average Bonchev–Trinajstić information content (AvgIpc) is 3.08. The Morgan fingerprint density at radius 2 is 1.69 bits per heavy atom. The molecule has 0 aliphatic rings. The fourth-order valence-electron chi connectivity index (χ4n) is 2.22. The molecule has 2 N–H and O–H groups in total. The van der Waals surface area contributed by atoms with Crippen molar-refractivity contribution in [2.45, 2.75) is 32.4 Å². The standard InChI is InChI=1S/C16H16F3N7/c1-15(2,3)11-8-12(16(17,18)19)22-14(21-11)20-10-7-5-4-6-9(10)13-23-25-26-24-13/h4-8H,1-3H3,(H,20,21,22)(H,23,24,25,26). The number of benzene rings is 1. The van der Waals surface area contributed by atoms with Gasteiger partial charge in [-0.3, -0.25) is 0 Å². The largest absolute Gasteiger partial charge is 0.433 e. The van der Waals surface area contributed by atoms with Gasteiger partial charge in [-0.1, -0.05) is 32.9 Å². The zero-order chi connectivity index (χ0) is 18.9. The van der Waals surface area contributed by atoms with E-state index in [9.17, 15) is 13.2 Å². The number of nitrogens with zero attached hydrogens (tertiary/aromatic N) is 5. The number of aromatic amines is 1. The van der Waals surface area contributed by atoms with Crippen LogP contribution in [0.4, 0.5) is 24.8 Å². The van der Waals surface area contributed by atoms with Gasteiger partial charge >= 0.3 is 6.18 Å². The second kappa shape index (κ2) is 6.36. The van der Waals surface area contributed by atoms with Gasteiger partial charge in [-0.2, -0.15) is 18.4 Å². The Bertz CT molecular complexity index is 867. The van der Waals surface area contributed by atoms with E-state index in [-0.39, 0.29) is 11.6 Å². The lowest BCUT2D eigenvalue weighted by atomic mass is 9.91. The third-order valence-corrected chi connectivity index (χ3v) is 3.54. The number of anilines is 2. The molecule has 0 unspecified atom stereocenters. The highest BCUT2D eigenvalue weighted by Crippen LogP contribution is 2.33. The van der Waals surface area contributed by atoms with Crippen LogP contribution in [0, 0.1) is 0 Å². The van der Waals surface area contributed by atoms with Crippen LogP contribution in [-0.2, 0) is 11.6 Å². The number of alkyl halides is 3. The van der Waals surface area contributed by atoms with E-state index in [2.05, 4.69) is 35.9 Å². The summed E-state index contributed by atoms with van der Waals surface area (Å²) >= 11 is 0. The van der Waals surface area contributed by atoms with Gasteiger partial charge in [0.15, 0.2) is 0 Å². The van der Waals surface area contributed by atoms with Crippen molar-refractivity contribution in [2.24, 2.45) is 0 Å². The first kappa shape index (κ1) is 17.8. The number of hydrogen-bond donors (Lipinski definition) is 2. The topological polar surface area (TPSA) is 92.3 Å². The van der Waals surface area contributed by atoms with Crippen molar-refractivity contribution in [3.63, 3.8) is 0 Å². The van der Waals surface area contributed by atoms with E-state index in [0.29, 0.717) is 17.1 Å². The van der Waals surface area contributed by atoms with Crippen LogP contribution < -0.4 is 5.32 Å². The molecule has 26 heavy (non-hydrogen) atoms. The second-order valence-electron chi connectivity index (χ2n) is 6.62. The maximum absolute atomic E-state index is 13.2. The molecule has 2 aromatic heterocycles. The maximum atomic E-state index is 13.2. The average molecular weight is 363 g/mol. The fraction of sp³-hybridized carbons (Fsp3) is 0.312. The zero-order valence-corrected chi connectivity index (χ0v) is 14.3. The van der Waals surface area contributed by atoms with Gasteiger partial charge in [0.1, 0.15) is 5.69 Å². The summed E-state index contributed by atoms with van der Waals surface area (Å²) in [5.41, 5.74) is -0.281. The molecule has 0 saturated carbocycles. The van der Waals surface area contributed by atoms with Crippen molar-refractivity contribution in [2.75, 3.05) is 5.32 Å². The SMILES string of the molecule is CC(C)(C)c1cc(C(F)(F)F)nc(Nc2ccccc2-c2nn[nH]n2)n1. The molecule has 0 spiro atoms. The quantitative estimate of drug-likeness (QED) is 0.737. The van der Waals surface area contributed by atoms with Gasteiger partial charge in [0.05, 0.1) is 11.4 Å². The monoisotopic (exact) mass is 363 g/mol. The van der Waals surface area contributed by atoms with Crippen LogP contribution in [0.5, 0.6) is 0 Å². The van der Waals surface area contributed by atoms with Crippen LogP contribution in [0.2, 0.25) is 0 Å². The van der Waals surface area contributed by atoms with Gasteiger partial charge in [0, 0.05) is 11.0 Å². The van der Waals surface area contributed by atoms with E-state index in [1.807, 2.05) is 0 Å².